The van der Waals surface area contributed by atoms with Crippen molar-refractivity contribution in [2.75, 3.05) is 0 Å². The number of carbonyl (C=O) groups is 1. The molecule has 0 amide bonds. The van der Waals surface area contributed by atoms with Crippen molar-refractivity contribution in [1.82, 2.24) is 0 Å². The Kier molecular flexibility index (Phi) is 4.27. The molecule has 0 unspecified atom stereocenters. The highest BCUT2D eigenvalue weighted by atomic mass is 19.1. The predicted molar refractivity (Wildman–Crippen MR) is 69.5 cm³/mol. The van der Waals surface area contributed by atoms with E-state index in [9.17, 15) is 18.0 Å². The molecule has 0 fully saturated rings. The Hall–Kier alpha value is -2.76. The molecular formula is C15H9F3O3. The topological polar surface area (TPSA) is 46.5 Å². The van der Waals surface area contributed by atoms with Crippen LogP contribution in [0.5, 0.6) is 11.5 Å². The molecule has 2 rings (SSSR count). The van der Waals surface area contributed by atoms with Gasteiger partial charge in [0.2, 0.25) is 0 Å². The molecule has 0 aromatic heterocycles. The highest BCUT2D eigenvalue weighted by molar-refractivity contribution is 5.85. The van der Waals surface area contributed by atoms with Crippen molar-refractivity contribution in [2.24, 2.45) is 0 Å². The van der Waals surface area contributed by atoms with Crippen molar-refractivity contribution < 1.29 is 27.8 Å². The Morgan fingerprint density at radius 1 is 0.905 bits per heavy atom. The summed E-state index contributed by atoms with van der Waals surface area (Å²) in [4.78, 5) is 10.4. The molecule has 0 aliphatic carbocycles. The number of benzene rings is 2. The van der Waals surface area contributed by atoms with Crippen molar-refractivity contribution in [3.63, 3.8) is 0 Å². The van der Waals surface area contributed by atoms with Crippen molar-refractivity contribution in [3.05, 3.63) is 65.5 Å². The van der Waals surface area contributed by atoms with Crippen LogP contribution in [0, 0.1) is 17.5 Å². The van der Waals surface area contributed by atoms with Gasteiger partial charge in [0.15, 0.2) is 0 Å². The molecule has 0 saturated heterocycles. The van der Waals surface area contributed by atoms with Crippen LogP contribution in [0.1, 0.15) is 5.56 Å². The lowest BCUT2D eigenvalue weighted by molar-refractivity contribution is -0.131. The minimum absolute atomic E-state index is 0.00922. The minimum atomic E-state index is -1.19. The van der Waals surface area contributed by atoms with Gasteiger partial charge in [0.25, 0.3) is 0 Å². The molecule has 0 radical (unpaired) electrons. The first-order chi connectivity index (χ1) is 9.92. The number of hydrogen-bond acceptors (Lipinski definition) is 2. The largest absolute Gasteiger partial charge is 0.478 e. The van der Waals surface area contributed by atoms with E-state index in [4.69, 9.17) is 9.84 Å². The highest BCUT2D eigenvalue weighted by Crippen LogP contribution is 2.25. The van der Waals surface area contributed by atoms with Crippen molar-refractivity contribution in [2.45, 2.75) is 0 Å². The molecule has 6 heteroatoms. The third kappa shape index (κ3) is 4.38. The summed E-state index contributed by atoms with van der Waals surface area (Å²) in [5, 5.41) is 8.51. The monoisotopic (exact) mass is 294 g/mol. The van der Waals surface area contributed by atoms with E-state index in [1.54, 1.807) is 0 Å². The van der Waals surface area contributed by atoms with E-state index in [-0.39, 0.29) is 17.1 Å². The first-order valence-corrected chi connectivity index (χ1v) is 5.78. The van der Waals surface area contributed by atoms with Gasteiger partial charge in [-0.05, 0) is 23.8 Å². The molecule has 21 heavy (non-hydrogen) atoms. The van der Waals surface area contributed by atoms with Gasteiger partial charge in [-0.25, -0.2) is 18.0 Å². The van der Waals surface area contributed by atoms with E-state index in [2.05, 4.69) is 0 Å². The zero-order valence-corrected chi connectivity index (χ0v) is 10.5. The minimum Gasteiger partial charge on any atom is -0.478 e. The van der Waals surface area contributed by atoms with Gasteiger partial charge in [-0.3, -0.25) is 0 Å². The molecule has 1 N–H and O–H groups in total. The molecular weight excluding hydrogens is 285 g/mol. The fraction of sp³-hybridized carbons (Fsp3) is 0. The van der Waals surface area contributed by atoms with Crippen LogP contribution >= 0.6 is 0 Å². The van der Waals surface area contributed by atoms with E-state index < -0.39 is 23.4 Å². The smallest absolute Gasteiger partial charge is 0.328 e. The number of halogens is 3. The fourth-order valence-electron chi connectivity index (χ4n) is 1.63. The zero-order valence-electron chi connectivity index (χ0n) is 10.5. The molecule has 0 saturated carbocycles. The molecule has 108 valence electrons. The summed E-state index contributed by atoms with van der Waals surface area (Å²) in [5.74, 6) is -3.65. The lowest BCUT2D eigenvalue weighted by atomic mass is 10.2. The molecule has 2 aromatic rings. The average Bonchev–Trinajstić information content (AvgIpc) is 2.34. The highest BCUT2D eigenvalue weighted by Gasteiger charge is 2.05. The quantitative estimate of drug-likeness (QED) is 0.867. The molecule has 0 spiro atoms. The van der Waals surface area contributed by atoms with Gasteiger partial charge in [0.05, 0.1) is 0 Å². The maximum absolute atomic E-state index is 13.4. The lowest BCUT2D eigenvalue weighted by Crippen LogP contribution is -1.90. The number of carboxylic acids is 1. The lowest BCUT2D eigenvalue weighted by Gasteiger charge is -2.07. The molecule has 0 heterocycles. The van der Waals surface area contributed by atoms with Crippen LogP contribution in [0.2, 0.25) is 0 Å². The summed E-state index contributed by atoms with van der Waals surface area (Å²) in [5.41, 5.74) is 0.240. The standard InChI is InChI=1S/C15H9F3O3/c16-10-3-9(1-2-15(19)20)4-13(6-10)21-14-7-11(17)5-12(18)8-14/h1-8H,(H,19,20)/b2-1+. The Balaban J connectivity index is 2.29. The molecule has 0 aliphatic heterocycles. The van der Waals surface area contributed by atoms with E-state index in [0.717, 1.165) is 30.3 Å². The van der Waals surface area contributed by atoms with E-state index in [1.165, 1.54) is 12.1 Å². The number of aliphatic carboxylic acids is 1. The van der Waals surface area contributed by atoms with E-state index in [1.807, 2.05) is 0 Å². The van der Waals surface area contributed by atoms with Gasteiger partial charge in [0, 0.05) is 30.3 Å². The van der Waals surface area contributed by atoms with Crippen LogP contribution in [-0.2, 0) is 4.79 Å². The van der Waals surface area contributed by atoms with Crippen LogP contribution < -0.4 is 4.74 Å². The maximum atomic E-state index is 13.4. The summed E-state index contributed by atoms with van der Waals surface area (Å²) in [6.07, 6.45) is 2.00. The van der Waals surface area contributed by atoms with Crippen molar-refractivity contribution in [1.29, 1.82) is 0 Å². The van der Waals surface area contributed by atoms with Crippen LogP contribution in [0.3, 0.4) is 0 Å². The normalized spacial score (nSPS) is 10.8. The molecule has 2 aromatic carbocycles. The van der Waals surface area contributed by atoms with Crippen LogP contribution in [0.25, 0.3) is 6.08 Å². The second kappa shape index (κ2) is 6.13. The predicted octanol–water partition coefficient (Wildman–Crippen LogP) is 3.99. The summed E-state index contributed by atoms with van der Waals surface area (Å²) in [7, 11) is 0. The van der Waals surface area contributed by atoms with Crippen LogP contribution in [0.15, 0.2) is 42.5 Å². The van der Waals surface area contributed by atoms with Gasteiger partial charge in [-0.15, -0.1) is 0 Å². The third-order valence-electron chi connectivity index (χ3n) is 2.38. The molecule has 0 aliphatic rings. The van der Waals surface area contributed by atoms with Gasteiger partial charge < -0.3 is 9.84 Å². The third-order valence-corrected chi connectivity index (χ3v) is 2.38. The number of ether oxygens (including phenoxy) is 1. The van der Waals surface area contributed by atoms with Crippen molar-refractivity contribution in [3.8, 4) is 11.5 Å². The number of carboxylic acid groups (broad SMARTS) is 1. The first-order valence-electron chi connectivity index (χ1n) is 5.78. The van der Waals surface area contributed by atoms with Crippen LogP contribution in [-0.4, -0.2) is 11.1 Å². The summed E-state index contributed by atoms with van der Waals surface area (Å²) < 4.78 is 44.6. The second-order valence-electron chi connectivity index (χ2n) is 4.10. The summed E-state index contributed by atoms with van der Waals surface area (Å²) in [6, 6.07) is 6.02. The van der Waals surface area contributed by atoms with Gasteiger partial charge >= 0.3 is 5.97 Å². The summed E-state index contributed by atoms with van der Waals surface area (Å²) >= 11 is 0. The first kappa shape index (κ1) is 14.6. The average molecular weight is 294 g/mol. The Morgan fingerprint density at radius 3 is 2.00 bits per heavy atom. The van der Waals surface area contributed by atoms with Crippen LogP contribution in [0.4, 0.5) is 13.2 Å². The number of rotatable bonds is 4. The SMILES string of the molecule is O=C(O)/C=C/c1cc(F)cc(Oc2cc(F)cc(F)c2)c1. The van der Waals surface area contributed by atoms with Gasteiger partial charge in [-0.2, -0.15) is 0 Å². The molecule has 0 bridgehead atoms. The second-order valence-corrected chi connectivity index (χ2v) is 4.10. The van der Waals surface area contributed by atoms with Gasteiger partial charge in [0.1, 0.15) is 29.0 Å². The van der Waals surface area contributed by atoms with Gasteiger partial charge in [-0.1, -0.05) is 0 Å². The number of hydrogen-bond donors (Lipinski definition) is 1. The fourth-order valence-corrected chi connectivity index (χ4v) is 1.63. The maximum Gasteiger partial charge on any atom is 0.328 e. The van der Waals surface area contributed by atoms with E-state index in [0.29, 0.717) is 6.07 Å². The Labute approximate surface area is 117 Å². The Morgan fingerprint density at radius 2 is 1.43 bits per heavy atom. The Bertz CT molecular complexity index is 691. The molecule has 0 atom stereocenters. The van der Waals surface area contributed by atoms with Crippen molar-refractivity contribution >= 4 is 12.0 Å². The zero-order chi connectivity index (χ0) is 15.4. The van der Waals surface area contributed by atoms with E-state index >= 15 is 0 Å². The summed E-state index contributed by atoms with van der Waals surface area (Å²) in [6.45, 7) is 0. The molecule has 3 nitrogen and oxygen atoms in total.